The first-order valence-electron chi connectivity index (χ1n) is 15.1. The number of amidine groups is 1. The molecule has 9 heteroatoms. The molecule has 0 aliphatic rings. The minimum atomic E-state index is -1.04. The van der Waals surface area contributed by atoms with Crippen LogP contribution in [0.5, 0.6) is 11.5 Å². The van der Waals surface area contributed by atoms with Crippen LogP contribution in [0.2, 0.25) is 0 Å². The molecular formula is C38H37N5O4. The first kappa shape index (κ1) is 32.3. The van der Waals surface area contributed by atoms with E-state index in [1.807, 2.05) is 91.0 Å². The van der Waals surface area contributed by atoms with E-state index in [2.05, 4.69) is 10.6 Å². The molecule has 0 fully saturated rings. The molecule has 5 rings (SSSR count). The predicted octanol–water partition coefficient (Wildman–Crippen LogP) is 6.04. The number of ether oxygens (including phenoxy) is 2. The fraction of sp³-hybridized carbons (Fsp3) is 0.132. The number of carbonyl (C=O) groups excluding carboxylic acids is 2. The average molecular weight is 628 g/mol. The van der Waals surface area contributed by atoms with Crippen molar-refractivity contribution < 1.29 is 19.1 Å². The van der Waals surface area contributed by atoms with Crippen molar-refractivity contribution in [3.63, 3.8) is 0 Å². The zero-order valence-corrected chi connectivity index (χ0v) is 26.0. The number of hydrogen-bond donors (Lipinski definition) is 5. The Labute approximate surface area is 274 Å². The van der Waals surface area contributed by atoms with Gasteiger partial charge in [-0.1, -0.05) is 91.0 Å². The molecule has 0 aliphatic carbocycles. The van der Waals surface area contributed by atoms with E-state index in [9.17, 15) is 9.59 Å². The van der Waals surface area contributed by atoms with E-state index < -0.39 is 6.04 Å². The van der Waals surface area contributed by atoms with Crippen LogP contribution in [0.25, 0.3) is 0 Å². The summed E-state index contributed by atoms with van der Waals surface area (Å²) in [6.07, 6.45) is 0.0597. The number of benzene rings is 5. The van der Waals surface area contributed by atoms with E-state index in [0.717, 1.165) is 16.7 Å². The smallest absolute Gasteiger partial charge is 0.247 e. The van der Waals surface area contributed by atoms with Crippen LogP contribution in [-0.2, 0) is 24.4 Å². The molecule has 238 valence electrons. The van der Waals surface area contributed by atoms with Gasteiger partial charge in [-0.2, -0.15) is 0 Å². The summed E-state index contributed by atoms with van der Waals surface area (Å²) in [6, 6.07) is 35.9. The number of nitrogen functional groups attached to an aromatic ring is 2. The van der Waals surface area contributed by atoms with Crippen LogP contribution in [0.15, 0.2) is 121 Å². The summed E-state index contributed by atoms with van der Waals surface area (Å²) in [4.78, 5) is 28.1. The van der Waals surface area contributed by atoms with Crippen LogP contribution in [0.1, 0.15) is 44.2 Å². The highest BCUT2D eigenvalue weighted by Gasteiger charge is 2.31. The lowest BCUT2D eigenvalue weighted by Crippen LogP contribution is -2.34. The normalized spacial score (nSPS) is 11.3. The maximum atomic E-state index is 14.1. The Kier molecular flexibility index (Phi) is 10.5. The van der Waals surface area contributed by atoms with Gasteiger partial charge in [0, 0.05) is 29.8 Å². The van der Waals surface area contributed by atoms with Gasteiger partial charge >= 0.3 is 0 Å². The van der Waals surface area contributed by atoms with E-state index in [0.29, 0.717) is 16.8 Å². The van der Waals surface area contributed by atoms with Crippen molar-refractivity contribution in [2.75, 3.05) is 18.2 Å². The van der Waals surface area contributed by atoms with E-state index in [1.54, 1.807) is 30.3 Å². The predicted molar refractivity (Wildman–Crippen MR) is 185 cm³/mol. The van der Waals surface area contributed by atoms with Crippen molar-refractivity contribution in [3.8, 4) is 11.5 Å². The number of hydrogen-bond acceptors (Lipinski definition) is 7. The summed E-state index contributed by atoms with van der Waals surface area (Å²) in [7, 11) is 1.48. The van der Waals surface area contributed by atoms with Crippen LogP contribution in [0.4, 0.5) is 11.4 Å². The van der Waals surface area contributed by atoms with E-state index in [-0.39, 0.29) is 59.8 Å². The third kappa shape index (κ3) is 8.15. The Balaban J connectivity index is 1.59. The Morgan fingerprint density at radius 2 is 1.38 bits per heavy atom. The number of nitrogens with two attached hydrogens (primary N) is 2. The molecule has 5 aromatic carbocycles. The highest BCUT2D eigenvalue weighted by molar-refractivity contribution is 6.07. The molecule has 1 amide bonds. The minimum Gasteiger partial charge on any atom is -0.493 e. The van der Waals surface area contributed by atoms with Crippen LogP contribution >= 0.6 is 0 Å². The van der Waals surface area contributed by atoms with Crippen molar-refractivity contribution in [2.24, 2.45) is 5.73 Å². The molecule has 47 heavy (non-hydrogen) atoms. The van der Waals surface area contributed by atoms with Gasteiger partial charge in [0.2, 0.25) is 5.91 Å². The molecule has 9 nitrogen and oxygen atoms in total. The minimum absolute atomic E-state index is 0.0597. The van der Waals surface area contributed by atoms with Crippen molar-refractivity contribution in [1.82, 2.24) is 5.32 Å². The molecule has 0 saturated carbocycles. The van der Waals surface area contributed by atoms with Crippen LogP contribution in [0, 0.1) is 5.41 Å². The van der Waals surface area contributed by atoms with Gasteiger partial charge < -0.3 is 31.6 Å². The average Bonchev–Trinajstić information content (AvgIpc) is 3.10. The van der Waals surface area contributed by atoms with E-state index in [1.165, 1.54) is 7.11 Å². The second-order valence-electron chi connectivity index (χ2n) is 10.9. The largest absolute Gasteiger partial charge is 0.493 e. The number of Topliss-reactive ketones (excluding diaryl/α,β-unsaturated/α-hetero) is 1. The number of rotatable bonds is 14. The molecule has 0 aliphatic heterocycles. The molecule has 1 atom stereocenters. The third-order valence-corrected chi connectivity index (χ3v) is 7.64. The zero-order chi connectivity index (χ0) is 33.2. The number of carbonyl (C=O) groups is 2. The Morgan fingerprint density at radius 3 is 1.96 bits per heavy atom. The summed E-state index contributed by atoms with van der Waals surface area (Å²) in [5.41, 5.74) is 16.8. The highest BCUT2D eigenvalue weighted by Crippen LogP contribution is 2.42. The van der Waals surface area contributed by atoms with Gasteiger partial charge in [0.15, 0.2) is 17.3 Å². The van der Waals surface area contributed by atoms with Crippen LogP contribution in [-0.4, -0.2) is 24.6 Å². The molecule has 7 N–H and O–H groups in total. The van der Waals surface area contributed by atoms with Gasteiger partial charge in [-0.3, -0.25) is 15.0 Å². The SMILES string of the molecule is COc1cc(C(Nc2ccc(C(=N)N)cc2)C(=O)NCc2ccccc2)c(N)c(C(=O)Cc2ccccc2)c1OCc1ccccc1. The van der Waals surface area contributed by atoms with Crippen molar-refractivity contribution in [2.45, 2.75) is 25.6 Å². The Bertz CT molecular complexity index is 1830. The second-order valence-corrected chi connectivity index (χ2v) is 10.9. The Hall–Kier alpha value is -6.09. The zero-order valence-electron chi connectivity index (χ0n) is 26.0. The van der Waals surface area contributed by atoms with Crippen molar-refractivity contribution in [1.29, 1.82) is 5.41 Å². The third-order valence-electron chi connectivity index (χ3n) is 7.64. The first-order chi connectivity index (χ1) is 22.8. The van der Waals surface area contributed by atoms with Gasteiger partial charge in [0.05, 0.1) is 18.4 Å². The maximum absolute atomic E-state index is 14.1. The lowest BCUT2D eigenvalue weighted by molar-refractivity contribution is -0.122. The van der Waals surface area contributed by atoms with Crippen molar-refractivity contribution in [3.05, 3.63) is 155 Å². The van der Waals surface area contributed by atoms with Gasteiger partial charge in [0.25, 0.3) is 0 Å². The number of ketones is 1. The van der Waals surface area contributed by atoms with Gasteiger partial charge in [-0.15, -0.1) is 0 Å². The summed E-state index contributed by atoms with van der Waals surface area (Å²) < 4.78 is 12.1. The monoisotopic (exact) mass is 627 g/mol. The molecule has 0 radical (unpaired) electrons. The molecule has 0 aromatic heterocycles. The second kappa shape index (κ2) is 15.3. The quantitative estimate of drug-likeness (QED) is 0.0436. The van der Waals surface area contributed by atoms with Gasteiger partial charge in [0.1, 0.15) is 18.5 Å². The summed E-state index contributed by atoms with van der Waals surface area (Å²) >= 11 is 0. The topological polar surface area (TPSA) is 153 Å². The highest BCUT2D eigenvalue weighted by atomic mass is 16.5. The molecule has 0 bridgehead atoms. The maximum Gasteiger partial charge on any atom is 0.247 e. The fourth-order valence-electron chi connectivity index (χ4n) is 5.17. The van der Waals surface area contributed by atoms with E-state index in [4.69, 9.17) is 26.4 Å². The number of methoxy groups -OCH3 is 1. The molecule has 0 spiro atoms. The molecule has 0 heterocycles. The lowest BCUT2D eigenvalue weighted by atomic mass is 9.93. The fourth-order valence-corrected chi connectivity index (χ4v) is 5.17. The Morgan fingerprint density at radius 1 is 0.809 bits per heavy atom. The van der Waals surface area contributed by atoms with Gasteiger partial charge in [-0.25, -0.2) is 0 Å². The molecule has 0 saturated heterocycles. The molecular weight excluding hydrogens is 590 g/mol. The van der Waals surface area contributed by atoms with Crippen LogP contribution in [0.3, 0.4) is 0 Å². The lowest BCUT2D eigenvalue weighted by Gasteiger charge is -2.25. The standard InChI is InChI=1S/C38H37N5O4/c1-46-32-22-30(35(38(45)42-23-26-13-7-3-8-14-26)43-29-19-17-28(18-20-29)37(40)41)34(39)33(31(44)21-25-11-5-2-6-12-25)36(32)47-24-27-15-9-4-10-16-27/h2-20,22,35,43H,21,23-24,39H2,1H3,(H3,40,41)(H,42,45). The summed E-state index contributed by atoms with van der Waals surface area (Å²) in [5, 5.41) is 14.0. The molecule has 5 aromatic rings. The van der Waals surface area contributed by atoms with Crippen molar-refractivity contribution >= 4 is 28.9 Å². The first-order valence-corrected chi connectivity index (χ1v) is 15.1. The number of nitrogens with one attached hydrogen (secondary N) is 3. The van der Waals surface area contributed by atoms with E-state index >= 15 is 0 Å². The van der Waals surface area contributed by atoms with Crippen LogP contribution < -0.4 is 31.6 Å². The summed E-state index contributed by atoms with van der Waals surface area (Å²) in [5.74, 6) is -0.275. The number of anilines is 2. The number of amides is 1. The molecule has 1 unspecified atom stereocenters. The van der Waals surface area contributed by atoms with Gasteiger partial charge in [-0.05, 0) is 47.0 Å². The summed E-state index contributed by atoms with van der Waals surface area (Å²) in [6.45, 7) is 0.444.